The van der Waals surface area contributed by atoms with E-state index in [9.17, 15) is 23.9 Å². The molecule has 2 N–H and O–H groups in total. The van der Waals surface area contributed by atoms with Gasteiger partial charge < -0.3 is 14.9 Å². The van der Waals surface area contributed by atoms with E-state index in [1.807, 2.05) is 0 Å². The largest absolute Gasteiger partial charge is 0.465 e. The molecule has 1 heterocycles. The first-order chi connectivity index (χ1) is 14.3. The number of amides is 1. The second kappa shape index (κ2) is 10.1. The highest BCUT2D eigenvalue weighted by atomic mass is 19.1. The number of benzene rings is 2. The van der Waals surface area contributed by atoms with E-state index in [-0.39, 0.29) is 30.9 Å². The first kappa shape index (κ1) is 23.2. The predicted octanol–water partition coefficient (Wildman–Crippen LogP) is 2.19. The number of anilines is 1. The number of nitrogens with zero attached hydrogens (tertiary/aromatic N) is 1. The van der Waals surface area contributed by atoms with E-state index in [4.69, 9.17) is 9.84 Å². The quantitative estimate of drug-likeness (QED) is 0.552. The molecule has 3 rings (SSSR count). The smallest absolute Gasteiger partial charge is 0.326 e. The molecule has 30 heavy (non-hydrogen) atoms. The minimum absolute atomic E-state index is 0.163. The highest BCUT2D eigenvalue weighted by molar-refractivity contribution is 6.12. The summed E-state index contributed by atoms with van der Waals surface area (Å²) in [5.41, 5.74) is -1.33. The summed E-state index contributed by atoms with van der Waals surface area (Å²) in [4.78, 5) is 38.4. The molecule has 1 aliphatic heterocycles. The maximum Gasteiger partial charge on any atom is 0.326 e. The minimum atomic E-state index is -2.10. The van der Waals surface area contributed by atoms with Crippen LogP contribution in [0.25, 0.3) is 0 Å². The van der Waals surface area contributed by atoms with Crippen molar-refractivity contribution < 1.29 is 33.7 Å². The van der Waals surface area contributed by atoms with Crippen LogP contribution in [0.1, 0.15) is 36.2 Å². The van der Waals surface area contributed by atoms with E-state index in [0.717, 1.165) is 17.0 Å². The first-order valence-corrected chi connectivity index (χ1v) is 9.47. The fraction of sp³-hybridized carbons (Fsp3) is 0.318. The van der Waals surface area contributed by atoms with E-state index in [1.54, 1.807) is 32.0 Å². The number of carbonyl (C=O) groups excluding carboxylic acids is 3. The van der Waals surface area contributed by atoms with E-state index >= 15 is 0 Å². The summed E-state index contributed by atoms with van der Waals surface area (Å²) in [6.45, 7) is 3.38. The number of para-hydroxylation sites is 1. The summed E-state index contributed by atoms with van der Waals surface area (Å²) < 4.78 is 17.9. The fourth-order valence-corrected chi connectivity index (χ4v) is 3.14. The number of aliphatic hydroxyl groups is 2. The standard InChI is InChI=1S/C20H18FNO5.C2H6O/c1-2-27-18(24)12-22-16-6-4-3-5-15(16)20(26,19(22)25)11-17(23)13-7-9-14(21)10-8-13;1-2-3/h3-10,26H,2,11-12H2,1H3;3H,2H2,1H3. The maximum atomic E-state index is 13.1. The van der Waals surface area contributed by atoms with Crippen LogP contribution in [-0.2, 0) is 19.9 Å². The number of carbonyl (C=O) groups is 3. The van der Waals surface area contributed by atoms with Crippen molar-refractivity contribution in [1.29, 1.82) is 0 Å². The summed E-state index contributed by atoms with van der Waals surface area (Å²) in [6, 6.07) is 11.3. The lowest BCUT2D eigenvalue weighted by Gasteiger charge is -2.22. The number of hydrogen-bond acceptors (Lipinski definition) is 6. The number of Topliss-reactive ketones (excluding diaryl/α,β-unsaturated/α-hetero) is 1. The number of hydrogen-bond donors (Lipinski definition) is 2. The molecule has 0 aromatic heterocycles. The zero-order valence-corrected chi connectivity index (χ0v) is 16.8. The van der Waals surface area contributed by atoms with Crippen LogP contribution in [-0.4, -0.2) is 47.6 Å². The third-order valence-electron chi connectivity index (χ3n) is 4.41. The molecular weight excluding hydrogens is 393 g/mol. The average molecular weight is 417 g/mol. The molecule has 1 aliphatic rings. The van der Waals surface area contributed by atoms with Crippen molar-refractivity contribution >= 4 is 23.3 Å². The summed E-state index contributed by atoms with van der Waals surface area (Å²) in [5.74, 6) is -2.39. The molecule has 0 radical (unpaired) electrons. The molecule has 2 aromatic rings. The molecule has 0 bridgehead atoms. The molecule has 0 spiro atoms. The maximum absolute atomic E-state index is 13.1. The van der Waals surface area contributed by atoms with Crippen LogP contribution in [0, 0.1) is 5.82 Å². The Kier molecular flexibility index (Phi) is 7.79. The number of rotatable bonds is 6. The molecule has 0 saturated heterocycles. The third kappa shape index (κ3) is 4.90. The fourth-order valence-electron chi connectivity index (χ4n) is 3.14. The molecule has 1 atom stereocenters. The number of halogens is 1. The van der Waals surface area contributed by atoms with Gasteiger partial charge in [0.25, 0.3) is 5.91 Å². The number of aliphatic hydroxyl groups excluding tert-OH is 1. The Hall–Kier alpha value is -3.10. The van der Waals surface area contributed by atoms with Crippen molar-refractivity contribution in [2.24, 2.45) is 0 Å². The zero-order valence-electron chi connectivity index (χ0n) is 16.8. The lowest BCUT2D eigenvalue weighted by molar-refractivity contribution is -0.144. The second-order valence-electron chi connectivity index (χ2n) is 6.50. The Bertz CT molecular complexity index is 914. The van der Waals surface area contributed by atoms with Crippen LogP contribution in [0.5, 0.6) is 0 Å². The topological polar surface area (TPSA) is 104 Å². The van der Waals surface area contributed by atoms with Crippen molar-refractivity contribution in [2.75, 3.05) is 24.7 Å². The monoisotopic (exact) mass is 417 g/mol. The minimum Gasteiger partial charge on any atom is -0.465 e. The molecule has 0 saturated carbocycles. The van der Waals surface area contributed by atoms with Gasteiger partial charge in [-0.1, -0.05) is 18.2 Å². The van der Waals surface area contributed by atoms with E-state index in [0.29, 0.717) is 5.69 Å². The van der Waals surface area contributed by atoms with Crippen molar-refractivity contribution in [3.05, 3.63) is 65.5 Å². The normalized spacial score (nSPS) is 17.1. The molecule has 1 unspecified atom stereocenters. The van der Waals surface area contributed by atoms with Gasteiger partial charge in [0.05, 0.1) is 18.7 Å². The zero-order chi connectivity index (χ0) is 22.3. The van der Waals surface area contributed by atoms with Gasteiger partial charge in [0.15, 0.2) is 11.4 Å². The Balaban J connectivity index is 0.00000101. The van der Waals surface area contributed by atoms with Crippen molar-refractivity contribution in [1.82, 2.24) is 0 Å². The van der Waals surface area contributed by atoms with Crippen LogP contribution >= 0.6 is 0 Å². The Morgan fingerprint density at radius 3 is 2.30 bits per heavy atom. The predicted molar refractivity (Wildman–Crippen MR) is 107 cm³/mol. The molecule has 160 valence electrons. The van der Waals surface area contributed by atoms with E-state index < -0.39 is 35.5 Å². The molecule has 8 heteroatoms. The molecule has 2 aromatic carbocycles. The van der Waals surface area contributed by atoms with E-state index in [2.05, 4.69) is 0 Å². The second-order valence-corrected chi connectivity index (χ2v) is 6.50. The van der Waals surface area contributed by atoms with Gasteiger partial charge in [0.1, 0.15) is 12.4 Å². The molecule has 1 amide bonds. The summed E-state index contributed by atoms with van der Waals surface area (Å²) in [6.07, 6.45) is -0.520. The summed E-state index contributed by atoms with van der Waals surface area (Å²) in [5, 5.41) is 18.6. The number of ether oxygens (including phenoxy) is 1. The Labute approximate surface area is 173 Å². The van der Waals surface area contributed by atoms with Gasteiger partial charge in [-0.25, -0.2) is 4.39 Å². The van der Waals surface area contributed by atoms with E-state index in [1.165, 1.54) is 18.2 Å². The average Bonchev–Trinajstić information content (AvgIpc) is 2.91. The van der Waals surface area contributed by atoms with Crippen LogP contribution in [0.4, 0.5) is 10.1 Å². The number of esters is 1. The lowest BCUT2D eigenvalue weighted by atomic mass is 9.88. The lowest BCUT2D eigenvalue weighted by Crippen LogP contribution is -2.44. The summed E-state index contributed by atoms with van der Waals surface area (Å²) in [7, 11) is 0. The van der Waals surface area contributed by atoms with Gasteiger partial charge in [-0.15, -0.1) is 0 Å². The van der Waals surface area contributed by atoms with Gasteiger partial charge in [-0.3, -0.25) is 19.3 Å². The molecule has 7 nitrogen and oxygen atoms in total. The SMILES string of the molecule is CCO.CCOC(=O)CN1C(=O)C(O)(CC(=O)c2ccc(F)cc2)c2ccccc21. The highest BCUT2D eigenvalue weighted by Gasteiger charge is 2.51. The van der Waals surface area contributed by atoms with Crippen molar-refractivity contribution in [3.8, 4) is 0 Å². The Morgan fingerprint density at radius 1 is 1.10 bits per heavy atom. The van der Waals surface area contributed by atoms with Gasteiger partial charge in [-0.2, -0.15) is 0 Å². The van der Waals surface area contributed by atoms with Crippen molar-refractivity contribution in [2.45, 2.75) is 25.9 Å². The molecule has 0 fully saturated rings. The molecule has 0 aliphatic carbocycles. The van der Waals surface area contributed by atoms with Gasteiger partial charge in [0.2, 0.25) is 0 Å². The van der Waals surface area contributed by atoms with Crippen molar-refractivity contribution in [3.63, 3.8) is 0 Å². The first-order valence-electron chi connectivity index (χ1n) is 9.47. The van der Waals surface area contributed by atoms with Gasteiger partial charge >= 0.3 is 5.97 Å². The summed E-state index contributed by atoms with van der Waals surface area (Å²) >= 11 is 0. The van der Waals surface area contributed by atoms with Crippen LogP contribution in [0.2, 0.25) is 0 Å². The van der Waals surface area contributed by atoms with Crippen LogP contribution in [0.3, 0.4) is 0 Å². The number of ketones is 1. The Morgan fingerprint density at radius 2 is 1.70 bits per heavy atom. The van der Waals surface area contributed by atoms with Crippen LogP contribution < -0.4 is 4.90 Å². The van der Waals surface area contributed by atoms with Gasteiger partial charge in [0, 0.05) is 17.7 Å². The molecular formula is C22H24FNO6. The highest BCUT2D eigenvalue weighted by Crippen LogP contribution is 2.42. The third-order valence-corrected chi connectivity index (χ3v) is 4.41. The van der Waals surface area contributed by atoms with Gasteiger partial charge in [-0.05, 0) is 44.2 Å². The van der Waals surface area contributed by atoms with Crippen LogP contribution in [0.15, 0.2) is 48.5 Å². The number of fused-ring (bicyclic) bond motifs is 1.